The third-order valence-electron chi connectivity index (χ3n) is 2.95. The summed E-state index contributed by atoms with van der Waals surface area (Å²) in [7, 11) is 3.81. The molecule has 0 bridgehead atoms. The quantitative estimate of drug-likeness (QED) is 0.758. The Hall–Kier alpha value is -1.64. The summed E-state index contributed by atoms with van der Waals surface area (Å²) in [6, 6.07) is 6.28. The van der Waals surface area contributed by atoms with E-state index in [-0.39, 0.29) is 0 Å². The van der Waals surface area contributed by atoms with Gasteiger partial charge in [-0.2, -0.15) is 0 Å². The predicted molar refractivity (Wildman–Crippen MR) is 66.6 cm³/mol. The zero-order chi connectivity index (χ0) is 11.7. The Morgan fingerprint density at radius 2 is 2.00 bits per heavy atom. The molecule has 0 aliphatic carbocycles. The fourth-order valence-corrected chi connectivity index (χ4v) is 1.87. The van der Waals surface area contributed by atoms with Crippen molar-refractivity contribution in [3.05, 3.63) is 35.7 Å². The van der Waals surface area contributed by atoms with Gasteiger partial charge in [-0.15, -0.1) is 0 Å². The van der Waals surface area contributed by atoms with E-state index in [2.05, 4.69) is 55.1 Å². The van der Waals surface area contributed by atoms with E-state index < -0.39 is 0 Å². The maximum absolute atomic E-state index is 5.42. The zero-order valence-electron chi connectivity index (χ0n) is 10.3. The van der Waals surface area contributed by atoms with Gasteiger partial charge in [0.05, 0.1) is 19.5 Å². The highest BCUT2D eigenvalue weighted by molar-refractivity contribution is 5.62. The molecule has 0 N–H and O–H groups in total. The van der Waals surface area contributed by atoms with E-state index in [9.17, 15) is 0 Å². The van der Waals surface area contributed by atoms with E-state index >= 15 is 0 Å². The first-order valence-corrected chi connectivity index (χ1v) is 5.42. The van der Waals surface area contributed by atoms with Crippen LogP contribution >= 0.6 is 0 Å². The number of anilines is 1. The molecule has 3 nitrogen and oxygen atoms in total. The summed E-state index contributed by atoms with van der Waals surface area (Å²) in [5, 5.41) is 0. The van der Waals surface area contributed by atoms with Gasteiger partial charge in [0.15, 0.2) is 0 Å². The third-order valence-corrected chi connectivity index (χ3v) is 2.95. The van der Waals surface area contributed by atoms with Gasteiger partial charge in [0.2, 0.25) is 0 Å². The van der Waals surface area contributed by atoms with Crippen LogP contribution in [-0.2, 0) is 0 Å². The maximum atomic E-state index is 5.42. The van der Waals surface area contributed by atoms with Gasteiger partial charge in [-0.3, -0.25) is 0 Å². The first-order chi connectivity index (χ1) is 7.61. The molecule has 16 heavy (non-hydrogen) atoms. The lowest BCUT2D eigenvalue weighted by Crippen LogP contribution is -2.23. The van der Waals surface area contributed by atoms with Gasteiger partial charge < -0.3 is 14.5 Å². The predicted octanol–water partition coefficient (Wildman–Crippen LogP) is 2.57. The molecule has 0 atom stereocenters. The van der Waals surface area contributed by atoms with Crippen LogP contribution in [0.15, 0.2) is 30.1 Å². The lowest BCUT2D eigenvalue weighted by molar-refractivity contribution is 0.411. The van der Waals surface area contributed by atoms with Crippen molar-refractivity contribution < 1.29 is 4.74 Å². The largest absolute Gasteiger partial charge is 0.495 e. The summed E-state index contributed by atoms with van der Waals surface area (Å²) >= 11 is 0. The van der Waals surface area contributed by atoms with Gasteiger partial charge in [-0.1, -0.05) is 6.07 Å². The Morgan fingerprint density at radius 1 is 1.25 bits per heavy atom. The second-order valence-electron chi connectivity index (χ2n) is 4.25. The number of rotatable bonds is 2. The van der Waals surface area contributed by atoms with E-state index in [1.807, 2.05) is 0 Å². The van der Waals surface area contributed by atoms with Crippen molar-refractivity contribution >= 4 is 5.69 Å². The molecule has 3 heteroatoms. The van der Waals surface area contributed by atoms with Gasteiger partial charge in [-0.05, 0) is 31.5 Å². The molecule has 1 aromatic carbocycles. The SMILES string of the molecule is COc1cc(C)ccc1N1C=C(C)N(C)C1. The Morgan fingerprint density at radius 3 is 2.56 bits per heavy atom. The van der Waals surface area contributed by atoms with Crippen LogP contribution in [0.5, 0.6) is 5.75 Å². The molecule has 86 valence electrons. The van der Waals surface area contributed by atoms with Gasteiger partial charge in [-0.25, -0.2) is 0 Å². The second kappa shape index (κ2) is 4.08. The summed E-state index contributed by atoms with van der Waals surface area (Å²) in [6.07, 6.45) is 2.15. The molecular formula is C13H18N2O. The number of ether oxygens (including phenoxy) is 1. The van der Waals surface area contributed by atoms with Gasteiger partial charge in [0.1, 0.15) is 5.75 Å². The number of allylic oxidation sites excluding steroid dienone is 1. The molecule has 0 unspecified atom stereocenters. The van der Waals surface area contributed by atoms with Crippen LogP contribution in [0.3, 0.4) is 0 Å². The van der Waals surface area contributed by atoms with Crippen molar-refractivity contribution in [3.8, 4) is 5.75 Å². The number of aryl methyl sites for hydroxylation is 1. The topological polar surface area (TPSA) is 15.7 Å². The molecule has 2 rings (SSSR count). The molecule has 0 spiro atoms. The van der Waals surface area contributed by atoms with Gasteiger partial charge >= 0.3 is 0 Å². The number of hydrogen-bond acceptors (Lipinski definition) is 3. The molecule has 1 aromatic rings. The molecule has 0 aromatic heterocycles. The van der Waals surface area contributed by atoms with Crippen molar-refractivity contribution in [1.82, 2.24) is 4.90 Å². The molecular weight excluding hydrogens is 200 g/mol. The first kappa shape index (κ1) is 10.9. The molecule has 0 fully saturated rings. The molecule has 1 aliphatic heterocycles. The number of methoxy groups -OCH3 is 1. The van der Waals surface area contributed by atoms with Crippen LogP contribution in [0, 0.1) is 6.92 Å². The number of nitrogens with zero attached hydrogens (tertiary/aromatic N) is 2. The van der Waals surface area contributed by atoms with Crippen LogP contribution in [-0.4, -0.2) is 25.7 Å². The zero-order valence-corrected chi connectivity index (χ0v) is 10.3. The van der Waals surface area contributed by atoms with E-state index in [0.29, 0.717) is 0 Å². The Bertz CT molecular complexity index is 426. The van der Waals surface area contributed by atoms with Crippen LogP contribution in [0.2, 0.25) is 0 Å². The standard InChI is InChI=1S/C13H18N2O/c1-10-5-6-12(13(7-10)16-4)15-8-11(2)14(3)9-15/h5-8H,9H2,1-4H3. The lowest BCUT2D eigenvalue weighted by atomic mass is 10.2. The third kappa shape index (κ3) is 1.85. The molecule has 0 amide bonds. The van der Waals surface area contributed by atoms with E-state index in [0.717, 1.165) is 18.1 Å². The van der Waals surface area contributed by atoms with Crippen LogP contribution in [0.25, 0.3) is 0 Å². The van der Waals surface area contributed by atoms with Crippen molar-refractivity contribution in [2.24, 2.45) is 0 Å². The molecule has 0 saturated heterocycles. The van der Waals surface area contributed by atoms with E-state index in [1.165, 1.54) is 11.3 Å². The smallest absolute Gasteiger partial charge is 0.142 e. The van der Waals surface area contributed by atoms with Crippen molar-refractivity contribution in [1.29, 1.82) is 0 Å². The van der Waals surface area contributed by atoms with Crippen molar-refractivity contribution in [3.63, 3.8) is 0 Å². The highest BCUT2D eigenvalue weighted by Crippen LogP contribution is 2.32. The van der Waals surface area contributed by atoms with Crippen LogP contribution in [0.4, 0.5) is 5.69 Å². The summed E-state index contributed by atoms with van der Waals surface area (Å²) in [4.78, 5) is 4.41. The summed E-state index contributed by atoms with van der Waals surface area (Å²) in [5.41, 5.74) is 3.60. The minimum Gasteiger partial charge on any atom is -0.495 e. The monoisotopic (exact) mass is 218 g/mol. The molecule has 0 saturated carbocycles. The maximum Gasteiger partial charge on any atom is 0.142 e. The molecule has 1 aliphatic rings. The summed E-state index contributed by atoms with van der Waals surface area (Å²) < 4.78 is 5.42. The van der Waals surface area contributed by atoms with Crippen LogP contribution in [0.1, 0.15) is 12.5 Å². The van der Waals surface area contributed by atoms with Crippen molar-refractivity contribution in [2.45, 2.75) is 13.8 Å². The second-order valence-corrected chi connectivity index (χ2v) is 4.25. The minimum atomic E-state index is 0.880. The summed E-state index contributed by atoms with van der Waals surface area (Å²) in [5.74, 6) is 0.930. The Labute approximate surface area is 96.9 Å². The van der Waals surface area contributed by atoms with Crippen LogP contribution < -0.4 is 9.64 Å². The molecule has 0 radical (unpaired) electrons. The average Bonchev–Trinajstić information content (AvgIpc) is 2.59. The Balaban J connectivity index is 2.35. The summed E-state index contributed by atoms with van der Waals surface area (Å²) in [6.45, 7) is 5.06. The fourth-order valence-electron chi connectivity index (χ4n) is 1.87. The average molecular weight is 218 g/mol. The van der Waals surface area contributed by atoms with Gasteiger partial charge in [0, 0.05) is 18.9 Å². The normalized spacial score (nSPS) is 15.4. The minimum absolute atomic E-state index is 0.880. The Kier molecular flexibility index (Phi) is 2.77. The number of benzene rings is 1. The van der Waals surface area contributed by atoms with Crippen molar-refractivity contribution in [2.75, 3.05) is 25.7 Å². The molecule has 1 heterocycles. The van der Waals surface area contributed by atoms with Gasteiger partial charge in [0.25, 0.3) is 0 Å². The first-order valence-electron chi connectivity index (χ1n) is 5.42. The highest BCUT2D eigenvalue weighted by Gasteiger charge is 2.18. The highest BCUT2D eigenvalue weighted by atomic mass is 16.5. The van der Waals surface area contributed by atoms with E-state index in [1.54, 1.807) is 7.11 Å². The fraction of sp³-hybridized carbons (Fsp3) is 0.385. The number of hydrogen-bond donors (Lipinski definition) is 0. The van der Waals surface area contributed by atoms with E-state index in [4.69, 9.17) is 4.74 Å². The lowest BCUT2D eigenvalue weighted by Gasteiger charge is -2.21.